The molecule has 0 amide bonds. The number of aliphatic hydroxyl groups excluding tert-OH is 1. The SMILES string of the molecule is O[C@H]1CN[C@H](COCCCCCCCC/C=C/c2ccc(-c3ccccc3)cc2)C1. The van der Waals surface area contributed by atoms with Gasteiger partial charge in [0.2, 0.25) is 0 Å². The Kier molecular flexibility index (Phi) is 10.1. The first-order valence-corrected chi connectivity index (χ1v) is 11.6. The second kappa shape index (κ2) is 13.4. The van der Waals surface area contributed by atoms with Gasteiger partial charge in [-0.15, -0.1) is 0 Å². The number of allylic oxidation sites excluding steroid dienone is 1. The van der Waals surface area contributed by atoms with E-state index in [1.54, 1.807) is 0 Å². The molecule has 3 rings (SSSR count). The molecule has 1 fully saturated rings. The molecule has 3 heteroatoms. The van der Waals surface area contributed by atoms with Crippen LogP contribution in [0.25, 0.3) is 17.2 Å². The molecule has 1 aliphatic rings. The van der Waals surface area contributed by atoms with Crippen molar-refractivity contribution in [2.45, 2.75) is 63.5 Å². The molecule has 162 valence electrons. The Hall–Kier alpha value is -1.94. The molecule has 0 spiro atoms. The summed E-state index contributed by atoms with van der Waals surface area (Å²) in [6.07, 6.45) is 13.9. The Morgan fingerprint density at radius 2 is 1.57 bits per heavy atom. The normalized spacial score (nSPS) is 19.0. The molecule has 0 radical (unpaired) electrons. The number of rotatable bonds is 13. The van der Waals surface area contributed by atoms with E-state index in [1.807, 2.05) is 0 Å². The van der Waals surface area contributed by atoms with Gasteiger partial charge < -0.3 is 15.2 Å². The maximum Gasteiger partial charge on any atom is 0.0680 e. The number of ether oxygens (including phenoxy) is 1. The number of unbranched alkanes of at least 4 members (excludes halogenated alkanes) is 6. The van der Waals surface area contributed by atoms with E-state index in [0.717, 1.165) is 32.5 Å². The van der Waals surface area contributed by atoms with E-state index in [4.69, 9.17) is 4.74 Å². The Morgan fingerprint density at radius 1 is 0.867 bits per heavy atom. The molecule has 2 aromatic rings. The molecule has 30 heavy (non-hydrogen) atoms. The van der Waals surface area contributed by atoms with E-state index in [-0.39, 0.29) is 6.10 Å². The van der Waals surface area contributed by atoms with Crippen LogP contribution < -0.4 is 5.32 Å². The van der Waals surface area contributed by atoms with E-state index >= 15 is 0 Å². The second-order valence-electron chi connectivity index (χ2n) is 8.37. The van der Waals surface area contributed by atoms with Crippen molar-refractivity contribution in [1.82, 2.24) is 5.32 Å². The summed E-state index contributed by atoms with van der Waals surface area (Å²) in [5, 5.41) is 12.7. The molecular weight excluding hydrogens is 370 g/mol. The molecule has 0 unspecified atom stereocenters. The minimum atomic E-state index is -0.186. The van der Waals surface area contributed by atoms with Crippen molar-refractivity contribution in [3.05, 3.63) is 66.2 Å². The quantitative estimate of drug-likeness (QED) is 0.410. The van der Waals surface area contributed by atoms with Gasteiger partial charge in [-0.05, 0) is 42.4 Å². The van der Waals surface area contributed by atoms with Crippen LogP contribution in [0.3, 0.4) is 0 Å². The lowest BCUT2D eigenvalue weighted by Crippen LogP contribution is -2.26. The molecule has 1 heterocycles. The number of benzene rings is 2. The van der Waals surface area contributed by atoms with Crippen LogP contribution >= 0.6 is 0 Å². The maximum absolute atomic E-state index is 9.46. The number of β-amino-alcohol motifs (C(OH)–C–C–N with tert-alkyl or cyclic N) is 1. The molecular formula is C27H37NO2. The third-order valence-electron chi connectivity index (χ3n) is 5.76. The van der Waals surface area contributed by atoms with E-state index in [0.29, 0.717) is 12.6 Å². The summed E-state index contributed by atoms with van der Waals surface area (Å²) in [5.74, 6) is 0. The molecule has 2 atom stereocenters. The predicted molar refractivity (Wildman–Crippen MR) is 126 cm³/mol. The van der Waals surface area contributed by atoms with Gasteiger partial charge in [-0.2, -0.15) is 0 Å². The number of aliphatic hydroxyl groups is 1. The van der Waals surface area contributed by atoms with Gasteiger partial charge in [0.25, 0.3) is 0 Å². The van der Waals surface area contributed by atoms with E-state index < -0.39 is 0 Å². The summed E-state index contributed by atoms with van der Waals surface area (Å²) >= 11 is 0. The highest BCUT2D eigenvalue weighted by atomic mass is 16.5. The van der Waals surface area contributed by atoms with Crippen LogP contribution in [0.15, 0.2) is 60.7 Å². The van der Waals surface area contributed by atoms with Crippen molar-refractivity contribution in [3.8, 4) is 11.1 Å². The van der Waals surface area contributed by atoms with Crippen LogP contribution in [0.5, 0.6) is 0 Å². The summed E-state index contributed by atoms with van der Waals surface area (Å²) in [6, 6.07) is 19.7. The standard InChI is InChI=1S/C27H37NO2/c29-27-20-26(28-21-27)22-30-19-11-6-4-2-1-3-5-8-12-23-15-17-25(18-16-23)24-13-9-7-10-14-24/h7-10,12-18,26-29H,1-6,11,19-22H2/b12-8+/t26-,27+/m0/s1. The first kappa shape index (κ1) is 22.7. The first-order valence-electron chi connectivity index (χ1n) is 11.6. The average molecular weight is 408 g/mol. The molecule has 0 aromatic heterocycles. The zero-order valence-electron chi connectivity index (χ0n) is 18.1. The molecule has 0 saturated carbocycles. The summed E-state index contributed by atoms with van der Waals surface area (Å²) in [5.41, 5.74) is 3.81. The third-order valence-corrected chi connectivity index (χ3v) is 5.76. The van der Waals surface area contributed by atoms with Gasteiger partial charge in [0.05, 0.1) is 12.7 Å². The fourth-order valence-electron chi connectivity index (χ4n) is 3.96. The van der Waals surface area contributed by atoms with Crippen LogP contribution in [-0.4, -0.2) is 37.0 Å². The number of hydrogen-bond donors (Lipinski definition) is 2. The van der Waals surface area contributed by atoms with Gasteiger partial charge in [0.1, 0.15) is 0 Å². The fourth-order valence-corrected chi connectivity index (χ4v) is 3.96. The third kappa shape index (κ3) is 8.43. The van der Waals surface area contributed by atoms with Gasteiger partial charge in [0.15, 0.2) is 0 Å². The topological polar surface area (TPSA) is 41.5 Å². The Bertz CT molecular complexity index is 726. The smallest absolute Gasteiger partial charge is 0.0680 e. The first-order chi connectivity index (χ1) is 14.8. The Labute approximate surface area is 182 Å². The van der Waals surface area contributed by atoms with Gasteiger partial charge in [-0.3, -0.25) is 0 Å². The maximum atomic E-state index is 9.46. The summed E-state index contributed by atoms with van der Waals surface area (Å²) in [7, 11) is 0. The van der Waals surface area contributed by atoms with Crippen molar-refractivity contribution in [1.29, 1.82) is 0 Å². The van der Waals surface area contributed by atoms with Crippen LogP contribution in [-0.2, 0) is 4.74 Å². The fraction of sp³-hybridized carbons (Fsp3) is 0.481. The largest absolute Gasteiger partial charge is 0.392 e. The molecule has 0 bridgehead atoms. The number of hydrogen-bond acceptors (Lipinski definition) is 3. The van der Waals surface area contributed by atoms with Gasteiger partial charge in [-0.25, -0.2) is 0 Å². The van der Waals surface area contributed by atoms with E-state index in [2.05, 4.69) is 72.1 Å². The van der Waals surface area contributed by atoms with Crippen molar-refractivity contribution < 1.29 is 9.84 Å². The molecule has 2 N–H and O–H groups in total. The summed E-state index contributed by atoms with van der Waals surface area (Å²) in [6.45, 7) is 2.29. The highest BCUT2D eigenvalue weighted by Gasteiger charge is 2.21. The van der Waals surface area contributed by atoms with Crippen molar-refractivity contribution in [2.24, 2.45) is 0 Å². The molecule has 2 aromatic carbocycles. The van der Waals surface area contributed by atoms with E-state index in [1.165, 1.54) is 48.8 Å². The summed E-state index contributed by atoms with van der Waals surface area (Å²) in [4.78, 5) is 0. The predicted octanol–water partition coefficient (Wildman–Crippen LogP) is 5.84. The van der Waals surface area contributed by atoms with E-state index in [9.17, 15) is 5.11 Å². The zero-order valence-corrected chi connectivity index (χ0v) is 18.1. The van der Waals surface area contributed by atoms with Crippen molar-refractivity contribution in [3.63, 3.8) is 0 Å². The lowest BCUT2D eigenvalue weighted by molar-refractivity contribution is 0.107. The monoisotopic (exact) mass is 407 g/mol. The van der Waals surface area contributed by atoms with Crippen LogP contribution in [0, 0.1) is 0 Å². The Morgan fingerprint density at radius 3 is 2.30 bits per heavy atom. The van der Waals surface area contributed by atoms with Gasteiger partial charge in [0, 0.05) is 19.2 Å². The lowest BCUT2D eigenvalue weighted by Gasteiger charge is -2.10. The minimum Gasteiger partial charge on any atom is -0.392 e. The molecule has 3 nitrogen and oxygen atoms in total. The number of nitrogens with one attached hydrogen (secondary N) is 1. The van der Waals surface area contributed by atoms with Crippen LogP contribution in [0.2, 0.25) is 0 Å². The van der Waals surface area contributed by atoms with Gasteiger partial charge >= 0.3 is 0 Å². The average Bonchev–Trinajstić information content (AvgIpc) is 3.20. The Balaban J connectivity index is 1.16. The minimum absolute atomic E-state index is 0.186. The highest BCUT2D eigenvalue weighted by Crippen LogP contribution is 2.20. The van der Waals surface area contributed by atoms with Crippen molar-refractivity contribution in [2.75, 3.05) is 19.8 Å². The van der Waals surface area contributed by atoms with Crippen LogP contribution in [0.4, 0.5) is 0 Å². The van der Waals surface area contributed by atoms with Crippen LogP contribution in [0.1, 0.15) is 56.9 Å². The lowest BCUT2D eigenvalue weighted by atomic mass is 10.0. The molecule has 1 aliphatic heterocycles. The van der Waals surface area contributed by atoms with Crippen molar-refractivity contribution >= 4 is 6.08 Å². The van der Waals surface area contributed by atoms with Gasteiger partial charge in [-0.1, -0.05) is 92.4 Å². The second-order valence-corrected chi connectivity index (χ2v) is 8.37. The highest BCUT2D eigenvalue weighted by molar-refractivity contribution is 5.65. The zero-order chi connectivity index (χ0) is 20.9. The molecule has 1 saturated heterocycles. The summed E-state index contributed by atoms with van der Waals surface area (Å²) < 4.78 is 5.72. The molecule has 0 aliphatic carbocycles.